The molecule has 1 saturated heterocycles. The number of urea groups is 1. The monoisotopic (exact) mass is 513 g/mol. The minimum atomic E-state index is -0.300. The smallest absolute Gasteiger partial charge is 0.317 e. The molecule has 0 saturated carbocycles. The molecule has 1 fully saturated rings. The van der Waals surface area contributed by atoms with Crippen LogP contribution < -0.4 is 10.1 Å². The fraction of sp³-hybridized carbons (Fsp3) is 0.500. The number of methoxy groups -OCH3 is 1. The number of carbonyl (C=O) groups excluding carboxylic acids is 2. The zero-order chi connectivity index (χ0) is 25.3. The predicted molar refractivity (Wildman–Crippen MR) is 141 cm³/mol. The summed E-state index contributed by atoms with van der Waals surface area (Å²) in [4.78, 5) is 31.6. The van der Waals surface area contributed by atoms with Crippen molar-refractivity contribution in [3.05, 3.63) is 52.2 Å². The third kappa shape index (κ3) is 6.43. The first-order chi connectivity index (χ1) is 17.6. The number of nitrogens with one attached hydrogen (secondary N) is 1. The quantitative estimate of drug-likeness (QED) is 0.527. The summed E-state index contributed by atoms with van der Waals surface area (Å²) in [6.07, 6.45) is 1.41. The maximum atomic E-state index is 13.7. The van der Waals surface area contributed by atoms with E-state index < -0.39 is 0 Å². The zero-order valence-corrected chi connectivity index (χ0v) is 21.8. The predicted octanol–water partition coefficient (Wildman–Crippen LogP) is 3.19. The second kappa shape index (κ2) is 12.8. The highest BCUT2D eigenvalue weighted by Crippen LogP contribution is 2.38. The Morgan fingerprint density at radius 2 is 2.03 bits per heavy atom. The van der Waals surface area contributed by atoms with Crippen LogP contribution in [0.5, 0.6) is 5.75 Å². The van der Waals surface area contributed by atoms with Crippen molar-refractivity contribution in [3.63, 3.8) is 0 Å². The molecule has 1 atom stereocenters. The van der Waals surface area contributed by atoms with Crippen LogP contribution in [0.1, 0.15) is 36.2 Å². The molecule has 4 rings (SSSR count). The van der Waals surface area contributed by atoms with Gasteiger partial charge in [-0.15, -0.1) is 11.3 Å². The van der Waals surface area contributed by atoms with Crippen molar-refractivity contribution in [2.75, 3.05) is 59.6 Å². The summed E-state index contributed by atoms with van der Waals surface area (Å²) < 4.78 is 11.0. The van der Waals surface area contributed by atoms with Crippen LogP contribution in [-0.4, -0.2) is 92.1 Å². The molecule has 2 aromatic rings. The molecule has 2 aliphatic heterocycles. The van der Waals surface area contributed by atoms with Crippen molar-refractivity contribution < 1.29 is 19.1 Å². The summed E-state index contributed by atoms with van der Waals surface area (Å²) in [5, 5.41) is 11.2. The van der Waals surface area contributed by atoms with Gasteiger partial charge in [0.1, 0.15) is 12.3 Å². The van der Waals surface area contributed by atoms with E-state index in [2.05, 4.69) is 10.2 Å². The van der Waals surface area contributed by atoms with Crippen LogP contribution in [0.4, 0.5) is 4.79 Å². The number of benzene rings is 1. The molecule has 1 N–H and O–H groups in total. The summed E-state index contributed by atoms with van der Waals surface area (Å²) in [5.74, 6) is 0.499. The summed E-state index contributed by atoms with van der Waals surface area (Å²) >= 11 is 1.60. The van der Waals surface area contributed by atoms with Gasteiger partial charge in [0.05, 0.1) is 37.0 Å². The molecule has 1 aromatic heterocycles. The van der Waals surface area contributed by atoms with E-state index in [-0.39, 0.29) is 24.5 Å². The Morgan fingerprint density at radius 3 is 2.75 bits per heavy atom. The van der Waals surface area contributed by atoms with E-state index in [1.165, 1.54) is 0 Å². The number of ether oxygens (including phenoxy) is 2. The largest absolute Gasteiger partial charge is 0.496 e. The molecule has 36 heavy (non-hydrogen) atoms. The number of rotatable bonds is 10. The van der Waals surface area contributed by atoms with Gasteiger partial charge in [0.2, 0.25) is 0 Å². The topological polar surface area (TPSA) is 86.7 Å². The van der Waals surface area contributed by atoms with E-state index in [0.717, 1.165) is 35.7 Å². The first-order valence-corrected chi connectivity index (χ1v) is 13.4. The standard InChI is InChI=1S/C26H35N5O4S/c1-3-10-27-26(33)30(12-11-29-13-15-35-16-14-29)19-25(32)31-22(20-7-4-5-8-23(20)34-2)18-21(28-31)24-9-6-17-36-24/h4-9,17,22H,3,10-16,18-19H2,1-2H3,(H,27,33)/t22-/m0/s1. The highest BCUT2D eigenvalue weighted by atomic mass is 32.1. The minimum absolute atomic E-state index is 0.0489. The number of carbonyl (C=O) groups is 2. The van der Waals surface area contributed by atoms with Gasteiger partial charge >= 0.3 is 6.03 Å². The van der Waals surface area contributed by atoms with Gasteiger partial charge in [-0.05, 0) is 23.9 Å². The normalized spacial score (nSPS) is 18.1. The minimum Gasteiger partial charge on any atom is -0.496 e. The maximum absolute atomic E-state index is 13.7. The van der Waals surface area contributed by atoms with E-state index in [1.807, 2.05) is 48.7 Å². The van der Waals surface area contributed by atoms with E-state index in [1.54, 1.807) is 28.4 Å². The Bertz CT molecular complexity index is 1040. The Kier molecular flexibility index (Phi) is 9.32. The lowest BCUT2D eigenvalue weighted by molar-refractivity contribution is -0.133. The van der Waals surface area contributed by atoms with Crippen LogP contribution in [0.2, 0.25) is 0 Å². The van der Waals surface area contributed by atoms with Crippen LogP contribution in [0.15, 0.2) is 46.9 Å². The van der Waals surface area contributed by atoms with E-state index >= 15 is 0 Å². The Balaban J connectivity index is 1.54. The van der Waals surface area contributed by atoms with Gasteiger partial charge in [0, 0.05) is 44.7 Å². The number of hydrogen-bond donors (Lipinski definition) is 1. The molecule has 0 radical (unpaired) electrons. The van der Waals surface area contributed by atoms with Gasteiger partial charge in [0.15, 0.2) is 0 Å². The number of thiophene rings is 1. The molecule has 1 aromatic carbocycles. The first kappa shape index (κ1) is 26.1. The Labute approximate surface area is 216 Å². The van der Waals surface area contributed by atoms with Crippen molar-refractivity contribution >= 4 is 29.0 Å². The van der Waals surface area contributed by atoms with Crippen LogP contribution >= 0.6 is 11.3 Å². The first-order valence-electron chi connectivity index (χ1n) is 12.5. The molecule has 3 amide bonds. The third-order valence-corrected chi connectivity index (χ3v) is 7.32. The maximum Gasteiger partial charge on any atom is 0.317 e. The van der Waals surface area contributed by atoms with E-state index in [4.69, 9.17) is 14.6 Å². The van der Waals surface area contributed by atoms with Crippen molar-refractivity contribution in [1.82, 2.24) is 20.1 Å². The second-order valence-corrected chi connectivity index (χ2v) is 9.78. The Hall–Kier alpha value is -2.95. The van der Waals surface area contributed by atoms with Crippen LogP contribution in [0.3, 0.4) is 0 Å². The molecule has 9 nitrogen and oxygen atoms in total. The van der Waals surface area contributed by atoms with Gasteiger partial charge in [-0.2, -0.15) is 5.10 Å². The van der Waals surface area contributed by atoms with Crippen molar-refractivity contribution in [2.24, 2.45) is 5.10 Å². The van der Waals surface area contributed by atoms with Crippen molar-refractivity contribution in [3.8, 4) is 5.75 Å². The average molecular weight is 514 g/mol. The SMILES string of the molecule is CCCNC(=O)N(CCN1CCOCC1)CC(=O)N1N=C(c2cccs2)C[C@H]1c1ccccc1OC. The molecule has 0 bridgehead atoms. The molecule has 194 valence electrons. The van der Waals surface area contributed by atoms with Gasteiger partial charge < -0.3 is 19.7 Å². The molecule has 0 unspecified atom stereocenters. The molecular formula is C26H35N5O4S. The van der Waals surface area contributed by atoms with E-state index in [9.17, 15) is 9.59 Å². The van der Waals surface area contributed by atoms with Crippen molar-refractivity contribution in [2.45, 2.75) is 25.8 Å². The van der Waals surface area contributed by atoms with Gasteiger partial charge in [0.25, 0.3) is 5.91 Å². The summed E-state index contributed by atoms with van der Waals surface area (Å²) in [6, 6.07) is 11.2. The number of morpholine rings is 1. The summed E-state index contributed by atoms with van der Waals surface area (Å²) in [7, 11) is 1.63. The zero-order valence-electron chi connectivity index (χ0n) is 21.0. The van der Waals surface area contributed by atoms with Crippen LogP contribution in [-0.2, 0) is 9.53 Å². The van der Waals surface area contributed by atoms with Gasteiger partial charge in [-0.25, -0.2) is 9.80 Å². The fourth-order valence-corrected chi connectivity index (χ4v) is 5.16. The lowest BCUT2D eigenvalue weighted by Gasteiger charge is -2.31. The van der Waals surface area contributed by atoms with Gasteiger partial charge in [-0.1, -0.05) is 31.2 Å². The highest BCUT2D eigenvalue weighted by Gasteiger charge is 2.36. The number of hydrogen-bond acceptors (Lipinski definition) is 7. The highest BCUT2D eigenvalue weighted by molar-refractivity contribution is 7.12. The van der Waals surface area contributed by atoms with Crippen LogP contribution in [0, 0.1) is 0 Å². The fourth-order valence-electron chi connectivity index (χ4n) is 4.43. The summed E-state index contributed by atoms with van der Waals surface area (Å²) in [5.41, 5.74) is 1.77. The molecule has 0 aliphatic carbocycles. The Morgan fingerprint density at radius 1 is 1.22 bits per heavy atom. The number of nitrogens with zero attached hydrogens (tertiary/aromatic N) is 4. The number of hydrazone groups is 1. The average Bonchev–Trinajstić information content (AvgIpc) is 3.60. The molecule has 2 aliphatic rings. The molecule has 0 spiro atoms. The third-order valence-electron chi connectivity index (χ3n) is 6.40. The number of amides is 3. The lowest BCUT2D eigenvalue weighted by atomic mass is 10.00. The van der Waals surface area contributed by atoms with Crippen LogP contribution in [0.25, 0.3) is 0 Å². The lowest BCUT2D eigenvalue weighted by Crippen LogP contribution is -2.49. The van der Waals surface area contributed by atoms with Crippen molar-refractivity contribution in [1.29, 1.82) is 0 Å². The van der Waals surface area contributed by atoms with Gasteiger partial charge in [-0.3, -0.25) is 9.69 Å². The number of para-hydroxylation sites is 1. The molecule has 3 heterocycles. The molecule has 10 heteroatoms. The molecular weight excluding hydrogens is 478 g/mol. The second-order valence-electron chi connectivity index (χ2n) is 8.83. The summed E-state index contributed by atoms with van der Waals surface area (Å²) in [6.45, 7) is 6.70. The van der Waals surface area contributed by atoms with E-state index in [0.29, 0.717) is 45.0 Å².